The highest BCUT2D eigenvalue weighted by molar-refractivity contribution is 5.68. The van der Waals surface area contributed by atoms with Gasteiger partial charge in [-0.3, -0.25) is 0 Å². The van der Waals surface area contributed by atoms with Gasteiger partial charge in [0.1, 0.15) is 5.60 Å². The molecule has 2 fully saturated rings. The van der Waals surface area contributed by atoms with Crippen LogP contribution in [0, 0.1) is 0 Å². The molecule has 1 saturated carbocycles. The number of piperidine rings is 1. The maximum atomic E-state index is 12.1. The van der Waals surface area contributed by atoms with Crippen molar-refractivity contribution in [2.75, 3.05) is 26.7 Å². The van der Waals surface area contributed by atoms with E-state index in [1.54, 1.807) is 0 Å². The summed E-state index contributed by atoms with van der Waals surface area (Å²) in [7, 11) is 2.11. The van der Waals surface area contributed by atoms with Gasteiger partial charge in [-0.05, 0) is 53.5 Å². The van der Waals surface area contributed by atoms with Crippen molar-refractivity contribution in [3.63, 3.8) is 0 Å². The van der Waals surface area contributed by atoms with Crippen LogP contribution in [0.4, 0.5) is 4.79 Å². The highest BCUT2D eigenvalue weighted by Crippen LogP contribution is 2.30. The fourth-order valence-electron chi connectivity index (χ4n) is 3.78. The first-order valence-electron chi connectivity index (χ1n) is 9.09. The molecule has 0 bridgehead atoms. The average Bonchev–Trinajstić information content (AvgIpc) is 2.46. The van der Waals surface area contributed by atoms with Gasteiger partial charge in [0, 0.05) is 25.7 Å². The molecule has 0 unspecified atom stereocenters. The third kappa shape index (κ3) is 5.64. The summed E-state index contributed by atoms with van der Waals surface area (Å²) in [6.07, 6.45) is 7.08. The number of aliphatic hydroxyl groups is 1. The maximum absolute atomic E-state index is 12.1. The van der Waals surface area contributed by atoms with Gasteiger partial charge in [0.15, 0.2) is 0 Å². The lowest BCUT2D eigenvalue weighted by atomic mass is 9.84. The number of carbonyl (C=O) groups is 1. The van der Waals surface area contributed by atoms with Crippen molar-refractivity contribution < 1.29 is 14.6 Å². The zero-order valence-corrected chi connectivity index (χ0v) is 15.3. The Morgan fingerprint density at radius 3 is 2.30 bits per heavy atom. The standard InChI is InChI=1S/C18H34N2O3/c1-17(2,3)23-16(21)20-12-8-15(9-13-20)19(4)14-18(22)10-6-5-7-11-18/h15,22H,5-14H2,1-4H3. The summed E-state index contributed by atoms with van der Waals surface area (Å²) >= 11 is 0. The van der Waals surface area contributed by atoms with Gasteiger partial charge in [0.25, 0.3) is 0 Å². The SMILES string of the molecule is CN(CC1(O)CCCCC1)C1CCN(C(=O)OC(C)(C)C)CC1. The van der Waals surface area contributed by atoms with E-state index < -0.39 is 11.2 Å². The molecule has 0 radical (unpaired) electrons. The minimum absolute atomic E-state index is 0.204. The largest absolute Gasteiger partial charge is 0.444 e. The Balaban J connectivity index is 1.78. The van der Waals surface area contributed by atoms with Gasteiger partial charge in [0.05, 0.1) is 5.60 Å². The average molecular weight is 326 g/mol. The lowest BCUT2D eigenvalue weighted by Crippen LogP contribution is -2.51. The molecule has 2 aliphatic rings. The van der Waals surface area contributed by atoms with Crippen LogP contribution in [0.5, 0.6) is 0 Å². The molecule has 0 aromatic rings. The van der Waals surface area contributed by atoms with Crippen LogP contribution in [0.15, 0.2) is 0 Å². The molecular weight excluding hydrogens is 292 g/mol. The molecule has 1 saturated heterocycles. The van der Waals surface area contributed by atoms with Crippen molar-refractivity contribution in [1.82, 2.24) is 9.80 Å². The number of hydrogen-bond donors (Lipinski definition) is 1. The fourth-order valence-corrected chi connectivity index (χ4v) is 3.78. The lowest BCUT2D eigenvalue weighted by Gasteiger charge is -2.41. The predicted molar refractivity (Wildman–Crippen MR) is 91.5 cm³/mol. The first kappa shape index (κ1) is 18.5. The van der Waals surface area contributed by atoms with Gasteiger partial charge in [-0.15, -0.1) is 0 Å². The van der Waals surface area contributed by atoms with E-state index in [9.17, 15) is 9.90 Å². The summed E-state index contributed by atoms with van der Waals surface area (Å²) in [6.45, 7) is 7.93. The Kier molecular flexibility index (Phi) is 5.95. The topological polar surface area (TPSA) is 53.0 Å². The van der Waals surface area contributed by atoms with E-state index in [1.807, 2.05) is 25.7 Å². The van der Waals surface area contributed by atoms with Gasteiger partial charge in [-0.1, -0.05) is 19.3 Å². The second kappa shape index (κ2) is 7.39. The summed E-state index contributed by atoms with van der Waals surface area (Å²) in [5.74, 6) is 0. The van der Waals surface area contributed by atoms with Crippen LogP contribution in [0.3, 0.4) is 0 Å². The zero-order valence-electron chi connectivity index (χ0n) is 15.3. The highest BCUT2D eigenvalue weighted by atomic mass is 16.6. The van der Waals surface area contributed by atoms with Crippen LogP contribution in [0.25, 0.3) is 0 Å². The van der Waals surface area contributed by atoms with E-state index in [0.717, 1.165) is 58.2 Å². The van der Waals surface area contributed by atoms with Crippen molar-refractivity contribution in [3.8, 4) is 0 Å². The quantitative estimate of drug-likeness (QED) is 0.866. The molecule has 0 aromatic carbocycles. The van der Waals surface area contributed by atoms with Crippen LogP contribution in [-0.4, -0.2) is 64.9 Å². The second-order valence-corrected chi connectivity index (χ2v) is 8.40. The Hall–Kier alpha value is -0.810. The van der Waals surface area contributed by atoms with Crippen LogP contribution in [0.2, 0.25) is 0 Å². The number of rotatable bonds is 3. The van der Waals surface area contributed by atoms with E-state index in [1.165, 1.54) is 6.42 Å². The van der Waals surface area contributed by atoms with Gasteiger partial charge < -0.3 is 19.6 Å². The smallest absolute Gasteiger partial charge is 0.410 e. The summed E-state index contributed by atoms with van der Waals surface area (Å²) < 4.78 is 5.44. The zero-order chi connectivity index (χ0) is 17.1. The van der Waals surface area contributed by atoms with Crippen molar-refractivity contribution in [2.24, 2.45) is 0 Å². The predicted octanol–water partition coefficient (Wildman–Crippen LogP) is 3.01. The first-order valence-corrected chi connectivity index (χ1v) is 9.09. The molecule has 5 nitrogen and oxygen atoms in total. The first-order chi connectivity index (χ1) is 10.7. The van der Waals surface area contributed by atoms with Crippen LogP contribution in [-0.2, 0) is 4.74 Å². The molecular formula is C18H34N2O3. The van der Waals surface area contributed by atoms with Gasteiger partial charge in [-0.2, -0.15) is 0 Å². The van der Waals surface area contributed by atoms with Crippen LogP contribution < -0.4 is 0 Å². The van der Waals surface area contributed by atoms with E-state index in [-0.39, 0.29) is 6.09 Å². The van der Waals surface area contributed by atoms with Crippen molar-refractivity contribution in [2.45, 2.75) is 83.0 Å². The minimum Gasteiger partial charge on any atom is -0.444 e. The summed E-state index contributed by atoms with van der Waals surface area (Å²) in [6, 6.07) is 0.444. The number of nitrogens with zero attached hydrogens (tertiary/aromatic N) is 2. The summed E-state index contributed by atoms with van der Waals surface area (Å²) in [5.41, 5.74) is -0.940. The number of carbonyl (C=O) groups excluding carboxylic acids is 1. The van der Waals surface area contributed by atoms with Crippen molar-refractivity contribution >= 4 is 6.09 Å². The number of amides is 1. The van der Waals surface area contributed by atoms with E-state index >= 15 is 0 Å². The summed E-state index contributed by atoms with van der Waals surface area (Å²) in [5, 5.41) is 10.7. The number of likely N-dealkylation sites (tertiary alicyclic amines) is 1. The molecule has 0 aromatic heterocycles. The second-order valence-electron chi connectivity index (χ2n) is 8.40. The molecule has 1 heterocycles. The van der Waals surface area contributed by atoms with E-state index in [4.69, 9.17) is 4.74 Å². The normalized spacial score (nSPS) is 23.1. The molecule has 1 N–H and O–H groups in total. The minimum atomic E-state index is -0.505. The molecule has 23 heavy (non-hydrogen) atoms. The fraction of sp³-hybridized carbons (Fsp3) is 0.944. The van der Waals surface area contributed by atoms with Crippen LogP contribution in [0.1, 0.15) is 65.7 Å². The molecule has 0 atom stereocenters. The Bertz CT molecular complexity index is 392. The molecule has 1 aliphatic heterocycles. The third-order valence-electron chi connectivity index (χ3n) is 5.07. The van der Waals surface area contributed by atoms with Gasteiger partial charge >= 0.3 is 6.09 Å². The van der Waals surface area contributed by atoms with Crippen molar-refractivity contribution in [1.29, 1.82) is 0 Å². The number of ether oxygens (including phenoxy) is 1. The lowest BCUT2D eigenvalue weighted by molar-refractivity contribution is -0.0364. The van der Waals surface area contributed by atoms with E-state index in [0.29, 0.717) is 6.04 Å². The van der Waals surface area contributed by atoms with Crippen LogP contribution >= 0.6 is 0 Å². The molecule has 134 valence electrons. The third-order valence-corrected chi connectivity index (χ3v) is 5.07. The highest BCUT2D eigenvalue weighted by Gasteiger charge is 2.34. The Morgan fingerprint density at radius 2 is 1.78 bits per heavy atom. The monoisotopic (exact) mass is 326 g/mol. The number of hydrogen-bond acceptors (Lipinski definition) is 4. The van der Waals surface area contributed by atoms with Gasteiger partial charge in [0.2, 0.25) is 0 Å². The molecule has 0 spiro atoms. The van der Waals surface area contributed by atoms with E-state index in [2.05, 4.69) is 11.9 Å². The molecule has 2 rings (SSSR count). The Labute approximate surface area is 141 Å². The van der Waals surface area contributed by atoms with Crippen molar-refractivity contribution in [3.05, 3.63) is 0 Å². The Morgan fingerprint density at radius 1 is 1.22 bits per heavy atom. The summed E-state index contributed by atoms with van der Waals surface area (Å²) in [4.78, 5) is 16.2. The molecule has 1 aliphatic carbocycles. The van der Waals surface area contributed by atoms with Gasteiger partial charge in [-0.25, -0.2) is 4.79 Å². The maximum Gasteiger partial charge on any atom is 0.410 e. The molecule has 1 amide bonds. The number of likely N-dealkylation sites (N-methyl/N-ethyl adjacent to an activating group) is 1. The molecule has 5 heteroatoms.